The first-order chi connectivity index (χ1) is 11.7. The predicted molar refractivity (Wildman–Crippen MR) is 91.3 cm³/mol. The van der Waals surface area contributed by atoms with Crippen LogP contribution in [0.4, 0.5) is 11.8 Å². The zero-order chi connectivity index (χ0) is 16.5. The maximum absolute atomic E-state index is 12.3. The van der Waals surface area contributed by atoms with Gasteiger partial charge in [0.15, 0.2) is 0 Å². The smallest absolute Gasteiger partial charge is 0.227 e. The summed E-state index contributed by atoms with van der Waals surface area (Å²) in [5.74, 6) is 2.00. The molecule has 3 saturated heterocycles. The Morgan fingerprint density at radius 1 is 1.17 bits per heavy atom. The highest BCUT2D eigenvalue weighted by molar-refractivity contribution is 5.80. The molecule has 130 valence electrons. The SMILES string of the molecule is Cc1cc(N2C[C@@H]3CCC[C@H](C2)C(=O)N3)nc(N2CCOCC2)n1. The van der Waals surface area contributed by atoms with Gasteiger partial charge in [0.1, 0.15) is 5.82 Å². The lowest BCUT2D eigenvalue weighted by Gasteiger charge is -2.31. The fraction of sp³-hybridized carbons (Fsp3) is 0.706. The number of aryl methyl sites for hydroxylation is 1. The van der Waals surface area contributed by atoms with Gasteiger partial charge in [-0.2, -0.15) is 4.98 Å². The Morgan fingerprint density at radius 3 is 2.83 bits per heavy atom. The van der Waals surface area contributed by atoms with Crippen molar-refractivity contribution in [2.75, 3.05) is 49.2 Å². The quantitative estimate of drug-likeness (QED) is 0.861. The normalized spacial score (nSPS) is 27.6. The van der Waals surface area contributed by atoms with Gasteiger partial charge in [-0.05, 0) is 19.8 Å². The van der Waals surface area contributed by atoms with Crippen LogP contribution in [-0.4, -0.2) is 61.3 Å². The highest BCUT2D eigenvalue weighted by atomic mass is 16.5. The van der Waals surface area contributed by atoms with Gasteiger partial charge >= 0.3 is 0 Å². The number of hydrogen-bond donors (Lipinski definition) is 1. The summed E-state index contributed by atoms with van der Waals surface area (Å²) in [4.78, 5) is 26.1. The Labute approximate surface area is 142 Å². The third kappa shape index (κ3) is 3.17. The van der Waals surface area contributed by atoms with Gasteiger partial charge in [-0.3, -0.25) is 4.79 Å². The van der Waals surface area contributed by atoms with Gasteiger partial charge in [0, 0.05) is 44.0 Å². The second-order valence-electron chi connectivity index (χ2n) is 7.01. The Balaban J connectivity index is 1.61. The maximum atomic E-state index is 12.3. The summed E-state index contributed by atoms with van der Waals surface area (Å²) in [6.07, 6.45) is 3.15. The van der Waals surface area contributed by atoms with E-state index in [0.29, 0.717) is 0 Å². The molecular formula is C17H25N5O2. The molecule has 0 radical (unpaired) electrons. The minimum Gasteiger partial charge on any atom is -0.378 e. The van der Waals surface area contributed by atoms with Crippen molar-refractivity contribution in [2.45, 2.75) is 32.2 Å². The highest BCUT2D eigenvalue weighted by Crippen LogP contribution is 2.26. The molecule has 0 aliphatic carbocycles. The molecule has 1 aromatic heterocycles. The van der Waals surface area contributed by atoms with Gasteiger partial charge in [0.05, 0.1) is 19.1 Å². The molecule has 3 fully saturated rings. The van der Waals surface area contributed by atoms with E-state index in [1.807, 2.05) is 13.0 Å². The molecule has 4 rings (SSSR count). The number of fused-ring (bicyclic) bond motifs is 3. The minimum absolute atomic E-state index is 0.0691. The molecule has 2 bridgehead atoms. The molecule has 2 atom stereocenters. The number of amides is 1. The van der Waals surface area contributed by atoms with Crippen LogP contribution < -0.4 is 15.1 Å². The van der Waals surface area contributed by atoms with E-state index in [1.165, 1.54) is 0 Å². The molecule has 7 heteroatoms. The first-order valence-corrected chi connectivity index (χ1v) is 8.93. The second kappa shape index (κ2) is 6.55. The summed E-state index contributed by atoms with van der Waals surface area (Å²) >= 11 is 0. The van der Waals surface area contributed by atoms with Crippen LogP contribution in [0.15, 0.2) is 6.07 Å². The number of nitrogens with one attached hydrogen (secondary N) is 1. The lowest BCUT2D eigenvalue weighted by atomic mass is 9.99. The first-order valence-electron chi connectivity index (χ1n) is 8.93. The van der Waals surface area contributed by atoms with Crippen LogP contribution >= 0.6 is 0 Å². The monoisotopic (exact) mass is 331 g/mol. The van der Waals surface area contributed by atoms with E-state index in [2.05, 4.69) is 20.1 Å². The van der Waals surface area contributed by atoms with Crippen molar-refractivity contribution in [3.63, 3.8) is 0 Å². The van der Waals surface area contributed by atoms with Crippen molar-refractivity contribution in [3.05, 3.63) is 11.8 Å². The number of hydrogen-bond acceptors (Lipinski definition) is 6. The fourth-order valence-electron chi connectivity index (χ4n) is 3.84. The number of morpholine rings is 1. The van der Waals surface area contributed by atoms with E-state index in [4.69, 9.17) is 9.72 Å². The van der Waals surface area contributed by atoms with Gasteiger partial charge < -0.3 is 19.9 Å². The number of carbonyl (C=O) groups excluding carboxylic acids is 1. The summed E-state index contributed by atoms with van der Waals surface area (Å²) in [6, 6.07) is 2.27. The van der Waals surface area contributed by atoms with E-state index in [0.717, 1.165) is 76.1 Å². The molecular weight excluding hydrogens is 306 g/mol. The average molecular weight is 331 g/mol. The van der Waals surface area contributed by atoms with Crippen LogP contribution in [0.5, 0.6) is 0 Å². The Bertz CT molecular complexity index is 617. The van der Waals surface area contributed by atoms with Crippen LogP contribution in [0.3, 0.4) is 0 Å². The molecule has 1 N–H and O–H groups in total. The molecule has 0 aromatic carbocycles. The number of nitrogens with zero attached hydrogens (tertiary/aromatic N) is 4. The molecule has 3 aliphatic rings. The predicted octanol–water partition coefficient (Wildman–Crippen LogP) is 0.727. The fourth-order valence-corrected chi connectivity index (χ4v) is 3.84. The summed E-state index contributed by atoms with van der Waals surface area (Å²) in [5, 5.41) is 3.18. The molecule has 1 aromatic rings. The summed E-state index contributed by atoms with van der Waals surface area (Å²) in [5.41, 5.74) is 0.968. The number of ether oxygens (including phenoxy) is 1. The van der Waals surface area contributed by atoms with Gasteiger partial charge in [0.2, 0.25) is 11.9 Å². The van der Waals surface area contributed by atoms with Crippen LogP contribution in [-0.2, 0) is 9.53 Å². The topological polar surface area (TPSA) is 70.6 Å². The number of aromatic nitrogens is 2. The van der Waals surface area contributed by atoms with E-state index < -0.39 is 0 Å². The lowest BCUT2D eigenvalue weighted by Crippen LogP contribution is -2.40. The number of carbonyl (C=O) groups is 1. The van der Waals surface area contributed by atoms with Gasteiger partial charge in [0.25, 0.3) is 0 Å². The van der Waals surface area contributed by atoms with Crippen molar-refractivity contribution in [3.8, 4) is 0 Å². The highest BCUT2D eigenvalue weighted by Gasteiger charge is 2.33. The van der Waals surface area contributed by atoms with Crippen molar-refractivity contribution >= 4 is 17.7 Å². The molecule has 4 heterocycles. The molecule has 24 heavy (non-hydrogen) atoms. The molecule has 1 amide bonds. The maximum Gasteiger partial charge on any atom is 0.227 e. The molecule has 3 aliphatic heterocycles. The number of rotatable bonds is 2. The molecule has 0 saturated carbocycles. The number of anilines is 2. The molecule has 7 nitrogen and oxygen atoms in total. The van der Waals surface area contributed by atoms with Gasteiger partial charge in [-0.25, -0.2) is 4.98 Å². The van der Waals surface area contributed by atoms with Crippen molar-refractivity contribution in [1.29, 1.82) is 0 Å². The Hall–Kier alpha value is -1.89. The summed E-state index contributed by atoms with van der Waals surface area (Å²) < 4.78 is 5.42. The first kappa shape index (κ1) is 15.6. The summed E-state index contributed by atoms with van der Waals surface area (Å²) in [7, 11) is 0. The van der Waals surface area contributed by atoms with Crippen LogP contribution in [0, 0.1) is 12.8 Å². The molecule has 0 spiro atoms. The standard InChI is InChI=1S/C17H25N5O2/c1-12-9-15(20-17(18-12)21-5-7-24-8-6-21)22-10-13-3-2-4-14(11-22)19-16(13)23/h9,13-14H,2-8,10-11H2,1H3,(H,19,23)/t13-,14+/m1/s1. The van der Waals surface area contributed by atoms with Crippen molar-refractivity contribution in [2.24, 2.45) is 5.92 Å². The van der Waals surface area contributed by atoms with E-state index in [-0.39, 0.29) is 17.9 Å². The zero-order valence-electron chi connectivity index (χ0n) is 14.2. The lowest BCUT2D eigenvalue weighted by molar-refractivity contribution is -0.124. The van der Waals surface area contributed by atoms with Crippen molar-refractivity contribution in [1.82, 2.24) is 15.3 Å². The van der Waals surface area contributed by atoms with Gasteiger partial charge in [-0.1, -0.05) is 6.42 Å². The van der Waals surface area contributed by atoms with E-state index >= 15 is 0 Å². The Kier molecular flexibility index (Phi) is 4.26. The largest absolute Gasteiger partial charge is 0.378 e. The van der Waals surface area contributed by atoms with E-state index in [9.17, 15) is 4.79 Å². The van der Waals surface area contributed by atoms with Crippen molar-refractivity contribution < 1.29 is 9.53 Å². The zero-order valence-corrected chi connectivity index (χ0v) is 14.2. The third-order valence-electron chi connectivity index (χ3n) is 5.15. The Morgan fingerprint density at radius 2 is 2.00 bits per heavy atom. The second-order valence-corrected chi connectivity index (χ2v) is 7.01. The van der Waals surface area contributed by atoms with Crippen LogP contribution in [0.2, 0.25) is 0 Å². The molecule has 0 unspecified atom stereocenters. The minimum atomic E-state index is 0.0691. The average Bonchev–Trinajstić information content (AvgIpc) is 2.83. The van der Waals surface area contributed by atoms with Crippen LogP contribution in [0.1, 0.15) is 25.0 Å². The van der Waals surface area contributed by atoms with E-state index in [1.54, 1.807) is 0 Å². The summed E-state index contributed by atoms with van der Waals surface area (Å²) in [6.45, 7) is 6.69. The third-order valence-corrected chi connectivity index (χ3v) is 5.15. The van der Waals surface area contributed by atoms with Crippen LogP contribution in [0.25, 0.3) is 0 Å². The van der Waals surface area contributed by atoms with Gasteiger partial charge in [-0.15, -0.1) is 0 Å².